The van der Waals surface area contributed by atoms with E-state index in [1.165, 1.54) is 38.5 Å². The number of aliphatic hydroxyl groups is 3. The van der Waals surface area contributed by atoms with E-state index in [0.29, 0.717) is 25.7 Å². The molecule has 0 rings (SSSR count). The molecule has 0 aliphatic heterocycles. The molecule has 0 aliphatic carbocycles. The fourth-order valence-corrected chi connectivity index (χ4v) is 3.41. The minimum Gasteiger partial charge on any atom is -0.481 e. The van der Waals surface area contributed by atoms with Crippen molar-refractivity contribution >= 4 is 5.97 Å². The summed E-state index contributed by atoms with van der Waals surface area (Å²) in [5.41, 5.74) is 0. The third-order valence-corrected chi connectivity index (χ3v) is 5.26. The van der Waals surface area contributed by atoms with Crippen LogP contribution in [-0.4, -0.2) is 44.7 Å². The Labute approximate surface area is 166 Å². The van der Waals surface area contributed by atoms with Crippen molar-refractivity contribution in [1.29, 1.82) is 0 Å². The maximum Gasteiger partial charge on any atom is 0.303 e. The van der Waals surface area contributed by atoms with Gasteiger partial charge in [-0.15, -0.1) is 0 Å². The lowest BCUT2D eigenvalue weighted by Crippen LogP contribution is -2.26. The van der Waals surface area contributed by atoms with Crippen molar-refractivity contribution < 1.29 is 25.2 Å². The van der Waals surface area contributed by atoms with Gasteiger partial charge >= 0.3 is 5.97 Å². The van der Waals surface area contributed by atoms with Crippen LogP contribution < -0.4 is 0 Å². The van der Waals surface area contributed by atoms with Gasteiger partial charge in [0.25, 0.3) is 0 Å². The van der Waals surface area contributed by atoms with Crippen molar-refractivity contribution in [1.82, 2.24) is 0 Å². The summed E-state index contributed by atoms with van der Waals surface area (Å²) in [4.78, 5) is 10.4. The first-order valence-electron chi connectivity index (χ1n) is 11.2. The molecule has 0 aromatic rings. The van der Waals surface area contributed by atoms with Crippen LogP contribution in [0.2, 0.25) is 0 Å². The number of rotatable bonds is 20. The summed E-state index contributed by atoms with van der Waals surface area (Å²) in [6.45, 7) is 2.22. The number of unbranched alkanes of at least 4 members (excludes halogenated alkanes) is 9. The lowest BCUT2D eigenvalue weighted by molar-refractivity contribution is -0.137. The number of carboxylic acids is 1. The predicted molar refractivity (Wildman–Crippen MR) is 110 cm³/mol. The Balaban J connectivity index is 3.51. The molecule has 0 saturated carbocycles. The minimum atomic E-state index is -0.764. The van der Waals surface area contributed by atoms with Crippen LogP contribution in [0.3, 0.4) is 0 Å². The van der Waals surface area contributed by atoms with E-state index in [1.807, 2.05) is 0 Å². The zero-order valence-corrected chi connectivity index (χ0v) is 17.4. The van der Waals surface area contributed by atoms with Crippen molar-refractivity contribution in [2.24, 2.45) is 0 Å². The number of carboxylic acid groups (broad SMARTS) is 1. The van der Waals surface area contributed by atoms with Gasteiger partial charge in [0.05, 0.1) is 18.3 Å². The van der Waals surface area contributed by atoms with E-state index in [4.69, 9.17) is 5.11 Å². The van der Waals surface area contributed by atoms with Gasteiger partial charge in [0.1, 0.15) is 0 Å². The smallest absolute Gasteiger partial charge is 0.303 e. The lowest BCUT2D eigenvalue weighted by Gasteiger charge is -2.18. The molecule has 0 radical (unpaired) electrons. The van der Waals surface area contributed by atoms with E-state index in [-0.39, 0.29) is 12.5 Å². The maximum atomic E-state index is 10.4. The number of carbonyl (C=O) groups is 1. The van der Waals surface area contributed by atoms with Crippen LogP contribution in [0.1, 0.15) is 116 Å². The Morgan fingerprint density at radius 3 is 1.67 bits per heavy atom. The van der Waals surface area contributed by atoms with Gasteiger partial charge in [-0.1, -0.05) is 71.1 Å². The summed E-state index contributed by atoms with van der Waals surface area (Å²) in [6.07, 6.45) is 13.7. The SMILES string of the molecule is CCCCCCCCC[C@@H](O)CCC[C@H](O)[C@H](O)CCCCCCC(=O)O. The second-order valence-corrected chi connectivity index (χ2v) is 7.98. The molecule has 162 valence electrons. The molecule has 0 heterocycles. The van der Waals surface area contributed by atoms with Crippen LogP contribution in [0.4, 0.5) is 0 Å². The van der Waals surface area contributed by atoms with Crippen LogP contribution in [0.25, 0.3) is 0 Å². The number of hydrogen-bond acceptors (Lipinski definition) is 4. The number of aliphatic hydroxyl groups excluding tert-OH is 3. The highest BCUT2D eigenvalue weighted by Gasteiger charge is 2.16. The van der Waals surface area contributed by atoms with Crippen molar-refractivity contribution in [3.63, 3.8) is 0 Å². The van der Waals surface area contributed by atoms with Gasteiger partial charge in [-0.2, -0.15) is 0 Å². The molecule has 27 heavy (non-hydrogen) atoms. The zero-order valence-electron chi connectivity index (χ0n) is 17.4. The summed E-state index contributed by atoms with van der Waals surface area (Å²) >= 11 is 0. The van der Waals surface area contributed by atoms with Gasteiger partial charge in [-0.3, -0.25) is 4.79 Å². The molecule has 0 spiro atoms. The molecule has 0 aromatic heterocycles. The monoisotopic (exact) mass is 388 g/mol. The largest absolute Gasteiger partial charge is 0.481 e. The number of hydrogen-bond donors (Lipinski definition) is 4. The van der Waals surface area contributed by atoms with Crippen LogP contribution in [0.15, 0.2) is 0 Å². The van der Waals surface area contributed by atoms with E-state index in [1.54, 1.807) is 0 Å². The molecule has 3 atom stereocenters. The van der Waals surface area contributed by atoms with E-state index in [0.717, 1.165) is 38.5 Å². The molecule has 0 saturated heterocycles. The fourth-order valence-electron chi connectivity index (χ4n) is 3.41. The van der Waals surface area contributed by atoms with Crippen LogP contribution >= 0.6 is 0 Å². The Morgan fingerprint density at radius 2 is 1.07 bits per heavy atom. The average Bonchev–Trinajstić information content (AvgIpc) is 2.63. The van der Waals surface area contributed by atoms with Gasteiger partial charge in [0, 0.05) is 6.42 Å². The Kier molecular flexibility index (Phi) is 18.3. The molecule has 0 unspecified atom stereocenters. The Morgan fingerprint density at radius 1 is 0.630 bits per heavy atom. The summed E-state index contributed by atoms with van der Waals surface area (Å²) in [5, 5.41) is 38.6. The fraction of sp³-hybridized carbons (Fsp3) is 0.955. The van der Waals surface area contributed by atoms with Crippen LogP contribution in [-0.2, 0) is 4.79 Å². The van der Waals surface area contributed by atoms with Gasteiger partial charge in [0.15, 0.2) is 0 Å². The van der Waals surface area contributed by atoms with Gasteiger partial charge in [0.2, 0.25) is 0 Å². The van der Waals surface area contributed by atoms with Gasteiger partial charge in [-0.25, -0.2) is 0 Å². The molecular weight excluding hydrogens is 344 g/mol. The summed E-state index contributed by atoms with van der Waals surface area (Å²) in [6, 6.07) is 0. The second kappa shape index (κ2) is 18.7. The van der Waals surface area contributed by atoms with E-state index < -0.39 is 18.2 Å². The third kappa shape index (κ3) is 18.5. The zero-order chi connectivity index (χ0) is 20.3. The topological polar surface area (TPSA) is 98.0 Å². The van der Waals surface area contributed by atoms with Crippen molar-refractivity contribution in [2.45, 2.75) is 134 Å². The van der Waals surface area contributed by atoms with Crippen molar-refractivity contribution in [3.8, 4) is 0 Å². The molecule has 5 nitrogen and oxygen atoms in total. The van der Waals surface area contributed by atoms with E-state index >= 15 is 0 Å². The predicted octanol–water partition coefficient (Wildman–Crippen LogP) is 4.81. The average molecular weight is 389 g/mol. The van der Waals surface area contributed by atoms with Gasteiger partial charge in [-0.05, 0) is 38.5 Å². The summed E-state index contributed by atoms with van der Waals surface area (Å²) in [7, 11) is 0. The highest BCUT2D eigenvalue weighted by Crippen LogP contribution is 2.16. The van der Waals surface area contributed by atoms with Crippen molar-refractivity contribution in [2.75, 3.05) is 0 Å². The van der Waals surface area contributed by atoms with Crippen molar-refractivity contribution in [3.05, 3.63) is 0 Å². The lowest BCUT2D eigenvalue weighted by atomic mass is 9.98. The van der Waals surface area contributed by atoms with E-state index in [2.05, 4.69) is 6.92 Å². The summed E-state index contributed by atoms with van der Waals surface area (Å²) < 4.78 is 0. The Hall–Kier alpha value is -0.650. The first-order valence-corrected chi connectivity index (χ1v) is 11.2. The van der Waals surface area contributed by atoms with Crippen LogP contribution in [0.5, 0.6) is 0 Å². The first kappa shape index (κ1) is 26.4. The first-order chi connectivity index (χ1) is 13.0. The molecule has 0 fully saturated rings. The standard InChI is InChI=1S/C22H44O5/c1-2-3-4-5-6-7-10-14-19(23)15-13-17-21(25)20(24)16-11-8-9-12-18-22(26)27/h19-21,23-25H,2-18H2,1H3,(H,26,27)/t19-,20-,21+/m1/s1. The molecule has 0 aromatic carbocycles. The normalized spacial score (nSPS) is 14.8. The molecule has 4 N–H and O–H groups in total. The molecule has 0 bridgehead atoms. The van der Waals surface area contributed by atoms with E-state index in [9.17, 15) is 20.1 Å². The quantitative estimate of drug-likeness (QED) is 0.224. The van der Waals surface area contributed by atoms with Gasteiger partial charge < -0.3 is 20.4 Å². The van der Waals surface area contributed by atoms with Crippen LogP contribution in [0, 0.1) is 0 Å². The molecule has 5 heteroatoms. The summed E-state index contributed by atoms with van der Waals surface area (Å²) in [5.74, 6) is -0.764. The molecule has 0 aliphatic rings. The maximum absolute atomic E-state index is 10.4. The second-order valence-electron chi connectivity index (χ2n) is 7.98. The highest BCUT2D eigenvalue weighted by molar-refractivity contribution is 5.66. The third-order valence-electron chi connectivity index (χ3n) is 5.26. The highest BCUT2D eigenvalue weighted by atomic mass is 16.4. The minimum absolute atomic E-state index is 0.201. The molecule has 0 amide bonds. The molecular formula is C22H44O5. The Bertz CT molecular complexity index is 335. The number of aliphatic carboxylic acids is 1.